The lowest BCUT2D eigenvalue weighted by Crippen LogP contribution is -2.24. The molecule has 0 aliphatic carbocycles. The molecule has 0 saturated carbocycles. The molecule has 1 amide bonds. The molecule has 0 aliphatic rings. The summed E-state index contributed by atoms with van der Waals surface area (Å²) in [5.41, 5.74) is 1.69. The number of amides is 1. The molecular weight excluding hydrogens is 362 g/mol. The Hall–Kier alpha value is -3.06. The van der Waals surface area contributed by atoms with Gasteiger partial charge in [0.1, 0.15) is 0 Å². The van der Waals surface area contributed by atoms with Crippen LogP contribution in [0.4, 0.5) is 0 Å². The molecule has 3 heterocycles. The minimum absolute atomic E-state index is 0.225. The van der Waals surface area contributed by atoms with E-state index in [0.717, 1.165) is 17.4 Å². The number of carbonyl (C=O) groups excluding carboxylic acids is 1. The zero-order valence-corrected chi connectivity index (χ0v) is 15.9. The van der Waals surface area contributed by atoms with Crippen molar-refractivity contribution in [2.24, 2.45) is 7.05 Å². The van der Waals surface area contributed by atoms with Crippen molar-refractivity contribution in [3.8, 4) is 16.2 Å². The Bertz CT molecular complexity index is 1090. The molecule has 1 N–H and O–H groups in total. The number of hydrogen-bond donors (Lipinski definition) is 1. The molecule has 0 spiro atoms. The third-order valence-electron chi connectivity index (χ3n) is 4.26. The summed E-state index contributed by atoms with van der Waals surface area (Å²) in [5, 5.41) is 7.96. The first-order chi connectivity index (χ1) is 13.1. The Morgan fingerprint density at radius 3 is 3.00 bits per heavy atom. The monoisotopic (exact) mass is 381 g/mol. The van der Waals surface area contributed by atoms with E-state index in [4.69, 9.17) is 9.15 Å². The number of para-hydroxylation sites is 1. The lowest BCUT2D eigenvalue weighted by Gasteiger charge is -2.01. The molecular formula is C20H19N3O3S. The quantitative estimate of drug-likeness (QED) is 0.550. The SMILES string of the molecule is COc1cccc2cc(C(=O)NCCc3ccc(-c4cnn(C)c4)s3)oc12. The van der Waals surface area contributed by atoms with Gasteiger partial charge in [0.15, 0.2) is 17.1 Å². The van der Waals surface area contributed by atoms with Gasteiger partial charge in [0.05, 0.1) is 13.3 Å². The smallest absolute Gasteiger partial charge is 0.287 e. The summed E-state index contributed by atoms with van der Waals surface area (Å²) in [6.45, 7) is 0.542. The van der Waals surface area contributed by atoms with E-state index in [0.29, 0.717) is 17.9 Å². The Morgan fingerprint density at radius 1 is 1.33 bits per heavy atom. The lowest BCUT2D eigenvalue weighted by molar-refractivity contribution is 0.0928. The molecule has 0 unspecified atom stereocenters. The Balaban J connectivity index is 1.38. The van der Waals surface area contributed by atoms with Gasteiger partial charge in [-0.25, -0.2) is 0 Å². The fraction of sp³-hybridized carbons (Fsp3) is 0.200. The van der Waals surface area contributed by atoms with Crippen molar-refractivity contribution < 1.29 is 13.9 Å². The fourth-order valence-corrected chi connectivity index (χ4v) is 3.89. The third-order valence-corrected chi connectivity index (χ3v) is 5.45. The van der Waals surface area contributed by atoms with Crippen molar-refractivity contribution in [1.82, 2.24) is 15.1 Å². The Kier molecular flexibility index (Phi) is 4.68. The maximum Gasteiger partial charge on any atom is 0.287 e. The van der Waals surface area contributed by atoms with Crippen LogP contribution >= 0.6 is 11.3 Å². The highest BCUT2D eigenvalue weighted by molar-refractivity contribution is 7.15. The lowest BCUT2D eigenvalue weighted by atomic mass is 10.2. The van der Waals surface area contributed by atoms with E-state index in [1.807, 2.05) is 37.6 Å². The van der Waals surface area contributed by atoms with Gasteiger partial charge in [-0.1, -0.05) is 12.1 Å². The first kappa shape index (κ1) is 17.4. The van der Waals surface area contributed by atoms with Crippen LogP contribution in [-0.4, -0.2) is 29.3 Å². The molecule has 138 valence electrons. The van der Waals surface area contributed by atoms with Gasteiger partial charge in [0.25, 0.3) is 5.91 Å². The van der Waals surface area contributed by atoms with Crippen LogP contribution in [0.2, 0.25) is 0 Å². The van der Waals surface area contributed by atoms with Gasteiger partial charge < -0.3 is 14.5 Å². The largest absolute Gasteiger partial charge is 0.493 e. The molecule has 4 rings (SSSR count). The molecule has 0 aliphatic heterocycles. The molecule has 3 aromatic heterocycles. The van der Waals surface area contributed by atoms with Gasteiger partial charge in [-0.2, -0.15) is 5.10 Å². The van der Waals surface area contributed by atoms with Crippen LogP contribution in [0.25, 0.3) is 21.4 Å². The van der Waals surface area contributed by atoms with Crippen LogP contribution in [-0.2, 0) is 13.5 Å². The topological polar surface area (TPSA) is 69.3 Å². The van der Waals surface area contributed by atoms with Gasteiger partial charge in [-0.15, -0.1) is 11.3 Å². The number of nitrogens with zero attached hydrogens (tertiary/aromatic N) is 2. The van der Waals surface area contributed by atoms with Gasteiger partial charge >= 0.3 is 0 Å². The van der Waals surface area contributed by atoms with Crippen LogP contribution in [0.3, 0.4) is 0 Å². The van der Waals surface area contributed by atoms with Crippen molar-refractivity contribution in [3.05, 3.63) is 59.4 Å². The van der Waals surface area contributed by atoms with E-state index >= 15 is 0 Å². The number of carbonyl (C=O) groups is 1. The first-order valence-corrected chi connectivity index (χ1v) is 9.38. The van der Waals surface area contributed by atoms with E-state index in [9.17, 15) is 4.79 Å². The zero-order valence-electron chi connectivity index (χ0n) is 15.1. The number of methoxy groups -OCH3 is 1. The second-order valence-electron chi connectivity index (χ2n) is 6.16. The van der Waals surface area contributed by atoms with Crippen molar-refractivity contribution in [2.75, 3.05) is 13.7 Å². The summed E-state index contributed by atoms with van der Waals surface area (Å²) in [6, 6.07) is 11.5. The standard InChI is InChI=1S/C20H19N3O3S/c1-23-12-14(11-22-23)18-7-6-15(27-18)8-9-21-20(24)17-10-13-4-3-5-16(25-2)19(13)26-17/h3-7,10-12H,8-9H2,1-2H3,(H,21,24). The van der Waals surface area contributed by atoms with Gasteiger partial charge in [-0.05, 0) is 30.7 Å². The Morgan fingerprint density at radius 2 is 2.22 bits per heavy atom. The highest BCUT2D eigenvalue weighted by atomic mass is 32.1. The molecule has 6 nitrogen and oxygen atoms in total. The second-order valence-corrected chi connectivity index (χ2v) is 7.33. The number of fused-ring (bicyclic) bond motifs is 1. The molecule has 0 radical (unpaired) electrons. The minimum Gasteiger partial charge on any atom is -0.493 e. The average molecular weight is 381 g/mol. The maximum absolute atomic E-state index is 12.4. The number of hydrogen-bond acceptors (Lipinski definition) is 5. The highest BCUT2D eigenvalue weighted by Crippen LogP contribution is 2.29. The number of nitrogens with one attached hydrogen (secondary N) is 1. The van der Waals surface area contributed by atoms with Crippen molar-refractivity contribution in [3.63, 3.8) is 0 Å². The highest BCUT2D eigenvalue weighted by Gasteiger charge is 2.14. The van der Waals surface area contributed by atoms with E-state index in [2.05, 4.69) is 22.5 Å². The summed E-state index contributed by atoms with van der Waals surface area (Å²) in [4.78, 5) is 14.8. The molecule has 0 atom stereocenters. The number of benzene rings is 1. The third kappa shape index (κ3) is 3.59. The van der Waals surface area contributed by atoms with E-state index in [1.54, 1.807) is 29.2 Å². The van der Waals surface area contributed by atoms with Crippen LogP contribution < -0.4 is 10.1 Å². The van der Waals surface area contributed by atoms with Gasteiger partial charge in [-0.3, -0.25) is 9.48 Å². The molecule has 4 aromatic rings. The van der Waals surface area contributed by atoms with Crippen molar-refractivity contribution in [1.29, 1.82) is 0 Å². The number of rotatable bonds is 6. The summed E-state index contributed by atoms with van der Waals surface area (Å²) < 4.78 is 12.7. The predicted molar refractivity (Wildman–Crippen MR) is 105 cm³/mol. The summed E-state index contributed by atoms with van der Waals surface area (Å²) >= 11 is 1.71. The van der Waals surface area contributed by atoms with Crippen LogP contribution in [0, 0.1) is 0 Å². The number of ether oxygens (including phenoxy) is 1. The van der Waals surface area contributed by atoms with E-state index in [1.165, 1.54) is 9.75 Å². The molecule has 0 saturated heterocycles. The molecule has 7 heteroatoms. The minimum atomic E-state index is -0.225. The normalized spacial score (nSPS) is 11.0. The zero-order chi connectivity index (χ0) is 18.8. The summed E-state index contributed by atoms with van der Waals surface area (Å²) in [5.74, 6) is 0.682. The van der Waals surface area contributed by atoms with E-state index in [-0.39, 0.29) is 11.7 Å². The number of thiophene rings is 1. The van der Waals surface area contributed by atoms with Crippen molar-refractivity contribution in [2.45, 2.75) is 6.42 Å². The second kappa shape index (κ2) is 7.28. The molecule has 1 aromatic carbocycles. The van der Waals surface area contributed by atoms with E-state index < -0.39 is 0 Å². The van der Waals surface area contributed by atoms with Gasteiger partial charge in [0.2, 0.25) is 0 Å². The van der Waals surface area contributed by atoms with Crippen molar-refractivity contribution >= 4 is 28.2 Å². The number of aromatic nitrogens is 2. The molecule has 0 bridgehead atoms. The Labute approximate surface area is 160 Å². The van der Waals surface area contributed by atoms with Crippen LogP contribution in [0.1, 0.15) is 15.4 Å². The molecule has 0 fully saturated rings. The van der Waals surface area contributed by atoms with Crippen LogP contribution in [0.15, 0.2) is 53.2 Å². The average Bonchev–Trinajstić information content (AvgIpc) is 3.39. The summed E-state index contributed by atoms with van der Waals surface area (Å²) in [7, 11) is 3.49. The van der Waals surface area contributed by atoms with Crippen LogP contribution in [0.5, 0.6) is 5.75 Å². The maximum atomic E-state index is 12.4. The summed E-state index contributed by atoms with van der Waals surface area (Å²) in [6.07, 6.45) is 4.61. The van der Waals surface area contributed by atoms with Gasteiger partial charge in [0, 0.05) is 40.5 Å². The fourth-order valence-electron chi connectivity index (χ4n) is 2.91. The number of furan rings is 1. The molecule has 27 heavy (non-hydrogen) atoms. The first-order valence-electron chi connectivity index (χ1n) is 8.56. The number of aryl methyl sites for hydroxylation is 1. The predicted octanol–water partition coefficient (Wildman–Crippen LogP) is 3.88.